The predicted molar refractivity (Wildman–Crippen MR) is 57.3 cm³/mol. The SMILES string of the molecule is CCCOCCOCc1cnc(N)s1. The fourth-order valence-corrected chi connectivity index (χ4v) is 1.55. The molecule has 0 bridgehead atoms. The minimum atomic E-state index is 0.574. The van der Waals surface area contributed by atoms with Crippen molar-refractivity contribution >= 4 is 16.5 Å². The summed E-state index contributed by atoms with van der Waals surface area (Å²) in [5, 5.41) is 0.589. The summed E-state index contributed by atoms with van der Waals surface area (Å²) in [5.41, 5.74) is 5.48. The number of ether oxygens (including phenoxy) is 2. The van der Waals surface area contributed by atoms with Crippen molar-refractivity contribution in [3.05, 3.63) is 11.1 Å². The molecule has 1 heterocycles. The summed E-state index contributed by atoms with van der Waals surface area (Å²) in [7, 11) is 0. The van der Waals surface area contributed by atoms with Crippen LogP contribution in [-0.4, -0.2) is 24.8 Å². The Hall–Kier alpha value is -0.650. The lowest BCUT2D eigenvalue weighted by atomic mass is 10.5. The van der Waals surface area contributed by atoms with Crippen molar-refractivity contribution in [3.63, 3.8) is 0 Å². The highest BCUT2D eigenvalue weighted by Gasteiger charge is 1.97. The van der Waals surface area contributed by atoms with E-state index in [9.17, 15) is 0 Å². The molecule has 0 aromatic carbocycles. The molecule has 0 aliphatic rings. The molecule has 0 aliphatic heterocycles. The van der Waals surface area contributed by atoms with Gasteiger partial charge in [0, 0.05) is 12.8 Å². The number of anilines is 1. The van der Waals surface area contributed by atoms with Gasteiger partial charge in [0.2, 0.25) is 0 Å². The largest absolute Gasteiger partial charge is 0.379 e. The van der Waals surface area contributed by atoms with Crippen LogP contribution >= 0.6 is 11.3 Å². The van der Waals surface area contributed by atoms with Gasteiger partial charge in [-0.3, -0.25) is 0 Å². The summed E-state index contributed by atoms with van der Waals surface area (Å²) >= 11 is 1.46. The maximum absolute atomic E-state index is 5.48. The molecule has 80 valence electrons. The lowest BCUT2D eigenvalue weighted by molar-refractivity contribution is 0.0417. The van der Waals surface area contributed by atoms with Crippen LogP contribution in [0.3, 0.4) is 0 Å². The van der Waals surface area contributed by atoms with Crippen LogP contribution in [-0.2, 0) is 16.1 Å². The molecule has 1 aromatic heterocycles. The van der Waals surface area contributed by atoms with E-state index in [0.29, 0.717) is 25.0 Å². The number of thiazole rings is 1. The van der Waals surface area contributed by atoms with Crippen molar-refractivity contribution < 1.29 is 9.47 Å². The van der Waals surface area contributed by atoms with Gasteiger partial charge in [0.05, 0.1) is 24.7 Å². The highest BCUT2D eigenvalue weighted by molar-refractivity contribution is 7.15. The summed E-state index contributed by atoms with van der Waals surface area (Å²) < 4.78 is 10.6. The molecule has 0 fully saturated rings. The van der Waals surface area contributed by atoms with Crippen LogP contribution < -0.4 is 5.73 Å². The second-order valence-corrected chi connectivity index (χ2v) is 3.98. The van der Waals surface area contributed by atoms with E-state index < -0.39 is 0 Å². The molecule has 0 saturated carbocycles. The Morgan fingerprint density at radius 2 is 2.14 bits per heavy atom. The van der Waals surface area contributed by atoms with Gasteiger partial charge in [-0.1, -0.05) is 18.3 Å². The third-order valence-electron chi connectivity index (χ3n) is 1.54. The number of nitrogens with zero attached hydrogens (tertiary/aromatic N) is 1. The molecule has 14 heavy (non-hydrogen) atoms. The van der Waals surface area contributed by atoms with Crippen LogP contribution in [0.4, 0.5) is 5.13 Å². The standard InChI is InChI=1S/C9H16N2O2S/c1-2-3-12-4-5-13-7-8-6-11-9(10)14-8/h6H,2-5,7H2,1H3,(H2,10,11). The summed E-state index contributed by atoms with van der Waals surface area (Å²) in [6.45, 7) is 4.74. The molecule has 0 unspecified atom stereocenters. The van der Waals surface area contributed by atoms with Gasteiger partial charge < -0.3 is 15.2 Å². The molecule has 0 atom stereocenters. The van der Waals surface area contributed by atoms with Gasteiger partial charge in [-0.05, 0) is 6.42 Å². The monoisotopic (exact) mass is 216 g/mol. The summed E-state index contributed by atoms with van der Waals surface area (Å²) in [5.74, 6) is 0. The van der Waals surface area contributed by atoms with Gasteiger partial charge in [0.15, 0.2) is 5.13 Å². The number of nitrogen functional groups attached to an aromatic ring is 1. The quantitative estimate of drug-likeness (QED) is 0.704. The molecule has 0 spiro atoms. The van der Waals surface area contributed by atoms with Gasteiger partial charge in [-0.15, -0.1) is 0 Å². The lowest BCUT2D eigenvalue weighted by Crippen LogP contribution is -2.04. The lowest BCUT2D eigenvalue weighted by Gasteiger charge is -2.02. The highest BCUT2D eigenvalue weighted by atomic mass is 32.1. The van der Waals surface area contributed by atoms with Crippen LogP contribution in [0, 0.1) is 0 Å². The highest BCUT2D eigenvalue weighted by Crippen LogP contribution is 2.14. The second-order valence-electron chi connectivity index (χ2n) is 2.83. The van der Waals surface area contributed by atoms with Crippen molar-refractivity contribution in [2.45, 2.75) is 20.0 Å². The summed E-state index contributed by atoms with van der Waals surface area (Å²) in [6, 6.07) is 0. The van der Waals surface area contributed by atoms with Crippen LogP contribution in [0.2, 0.25) is 0 Å². The Morgan fingerprint density at radius 3 is 2.79 bits per heavy atom. The van der Waals surface area contributed by atoms with E-state index in [-0.39, 0.29) is 0 Å². The summed E-state index contributed by atoms with van der Waals surface area (Å²) in [6.07, 6.45) is 2.79. The first-order valence-corrected chi connectivity index (χ1v) is 5.50. The molecule has 0 radical (unpaired) electrons. The van der Waals surface area contributed by atoms with Gasteiger partial charge in [-0.2, -0.15) is 0 Å². The van der Waals surface area contributed by atoms with E-state index >= 15 is 0 Å². The van der Waals surface area contributed by atoms with Crippen LogP contribution in [0.15, 0.2) is 6.20 Å². The Balaban J connectivity index is 1.99. The maximum atomic E-state index is 5.48. The van der Waals surface area contributed by atoms with Crippen LogP contribution in [0.25, 0.3) is 0 Å². The van der Waals surface area contributed by atoms with Crippen molar-refractivity contribution in [2.24, 2.45) is 0 Å². The number of hydrogen-bond acceptors (Lipinski definition) is 5. The predicted octanol–water partition coefficient (Wildman–Crippen LogP) is 1.67. The molecule has 5 heteroatoms. The molecule has 2 N–H and O–H groups in total. The normalized spacial score (nSPS) is 10.6. The fraction of sp³-hybridized carbons (Fsp3) is 0.667. The van der Waals surface area contributed by atoms with Gasteiger partial charge >= 0.3 is 0 Å². The smallest absolute Gasteiger partial charge is 0.180 e. The van der Waals surface area contributed by atoms with Crippen LogP contribution in [0.5, 0.6) is 0 Å². The van der Waals surface area contributed by atoms with Crippen molar-refractivity contribution in [3.8, 4) is 0 Å². The average Bonchev–Trinajstić information content (AvgIpc) is 2.58. The van der Waals surface area contributed by atoms with E-state index in [4.69, 9.17) is 15.2 Å². The molecule has 1 aromatic rings. The number of hydrogen-bond donors (Lipinski definition) is 1. The molecule has 0 aliphatic carbocycles. The Kier molecular flexibility index (Phi) is 5.51. The molecular formula is C9H16N2O2S. The topological polar surface area (TPSA) is 57.4 Å². The zero-order chi connectivity index (χ0) is 10.2. The van der Waals surface area contributed by atoms with Gasteiger partial charge in [-0.25, -0.2) is 4.98 Å². The number of aromatic nitrogens is 1. The van der Waals surface area contributed by atoms with Gasteiger partial charge in [0.25, 0.3) is 0 Å². The zero-order valence-electron chi connectivity index (χ0n) is 8.36. The first-order valence-electron chi connectivity index (χ1n) is 4.68. The molecule has 0 saturated heterocycles. The van der Waals surface area contributed by atoms with Crippen LogP contribution in [0.1, 0.15) is 18.2 Å². The van der Waals surface area contributed by atoms with E-state index in [1.54, 1.807) is 6.20 Å². The molecular weight excluding hydrogens is 200 g/mol. The minimum absolute atomic E-state index is 0.574. The van der Waals surface area contributed by atoms with Gasteiger partial charge in [0.1, 0.15) is 0 Å². The summed E-state index contributed by atoms with van der Waals surface area (Å²) in [4.78, 5) is 4.98. The van der Waals surface area contributed by atoms with E-state index in [1.165, 1.54) is 11.3 Å². The second kappa shape index (κ2) is 6.75. The van der Waals surface area contributed by atoms with E-state index in [1.807, 2.05) is 0 Å². The molecule has 0 amide bonds. The average molecular weight is 216 g/mol. The number of rotatable bonds is 7. The Morgan fingerprint density at radius 1 is 1.36 bits per heavy atom. The third kappa shape index (κ3) is 4.55. The Labute approximate surface area is 88.0 Å². The first-order chi connectivity index (χ1) is 6.83. The maximum Gasteiger partial charge on any atom is 0.180 e. The fourth-order valence-electron chi connectivity index (χ4n) is 0.926. The Bertz CT molecular complexity index is 253. The number of nitrogens with two attached hydrogens (primary N) is 1. The zero-order valence-corrected chi connectivity index (χ0v) is 9.18. The third-order valence-corrected chi connectivity index (χ3v) is 2.34. The van der Waals surface area contributed by atoms with E-state index in [2.05, 4.69) is 11.9 Å². The molecule has 4 nitrogen and oxygen atoms in total. The minimum Gasteiger partial charge on any atom is -0.379 e. The molecule has 1 rings (SSSR count). The first kappa shape index (κ1) is 11.4. The van der Waals surface area contributed by atoms with Crippen molar-refractivity contribution in [1.82, 2.24) is 4.98 Å². The van der Waals surface area contributed by atoms with Crippen molar-refractivity contribution in [1.29, 1.82) is 0 Å². The van der Waals surface area contributed by atoms with E-state index in [0.717, 1.165) is 17.9 Å². The van der Waals surface area contributed by atoms with Crippen molar-refractivity contribution in [2.75, 3.05) is 25.6 Å².